The zero-order chi connectivity index (χ0) is 29.9. The van der Waals surface area contributed by atoms with Crippen LogP contribution in [0.15, 0.2) is 54.6 Å². The highest BCUT2D eigenvalue weighted by atomic mass is 16.5. The lowest BCUT2D eigenvalue weighted by molar-refractivity contribution is -0.407. The van der Waals surface area contributed by atoms with Gasteiger partial charge in [0.2, 0.25) is 5.91 Å². The predicted molar refractivity (Wildman–Crippen MR) is 143 cm³/mol. The molecule has 0 aromatic heterocycles. The quantitative estimate of drug-likeness (QED) is 0.363. The third-order valence-corrected chi connectivity index (χ3v) is 6.90. The summed E-state index contributed by atoms with van der Waals surface area (Å²) < 4.78 is 5.25. The molecule has 1 aliphatic carbocycles. The first kappa shape index (κ1) is 32.5. The van der Waals surface area contributed by atoms with E-state index in [1.807, 2.05) is 37.3 Å². The zero-order valence-corrected chi connectivity index (χ0v) is 23.5. The molecule has 1 saturated heterocycles. The summed E-state index contributed by atoms with van der Waals surface area (Å²) in [5, 5.41) is 27.4. The third-order valence-electron chi connectivity index (χ3n) is 6.90. The molecule has 1 fully saturated rings. The number of carbonyl (C=O) groups is 4. The number of nitrogens with zero attached hydrogens (tertiary/aromatic N) is 2. The summed E-state index contributed by atoms with van der Waals surface area (Å²) in [5.41, 5.74) is 2.67. The van der Waals surface area contributed by atoms with Crippen molar-refractivity contribution >= 4 is 29.5 Å². The van der Waals surface area contributed by atoms with Crippen LogP contribution in [-0.2, 0) is 36.8 Å². The number of ether oxygens (including phenoxy) is 1. The Hall–Kier alpha value is -3.76. The van der Waals surface area contributed by atoms with Crippen LogP contribution in [0.2, 0.25) is 0 Å². The van der Waals surface area contributed by atoms with Crippen LogP contribution in [0.4, 0.5) is 5.69 Å². The Morgan fingerprint density at radius 1 is 0.925 bits per heavy atom. The van der Waals surface area contributed by atoms with E-state index in [-0.39, 0.29) is 11.9 Å². The maximum atomic E-state index is 13.1. The van der Waals surface area contributed by atoms with Crippen molar-refractivity contribution < 1.29 is 39.2 Å². The molecule has 1 heterocycles. The average molecular weight is 554 g/mol. The smallest absolute Gasteiger partial charge is 0.332 e. The van der Waals surface area contributed by atoms with E-state index in [0.717, 1.165) is 31.6 Å². The zero-order valence-electron chi connectivity index (χ0n) is 23.5. The summed E-state index contributed by atoms with van der Waals surface area (Å²) in [6, 6.07) is 18.6. The molecule has 2 aromatic rings. The predicted octanol–water partition coefficient (Wildman–Crippen LogP) is -0.154. The lowest BCUT2D eigenvalue weighted by atomic mass is 9.83. The summed E-state index contributed by atoms with van der Waals surface area (Å²) in [5.74, 6) is -4.74. The molecule has 4 rings (SSSR count). The van der Waals surface area contributed by atoms with E-state index in [0.29, 0.717) is 25.3 Å². The highest BCUT2D eigenvalue weighted by Gasteiger charge is 2.50. The lowest BCUT2D eigenvalue weighted by Crippen LogP contribution is -2.63. The summed E-state index contributed by atoms with van der Waals surface area (Å²) >= 11 is 0. The number of methoxy groups -OCH3 is 1. The van der Waals surface area contributed by atoms with Crippen LogP contribution in [-0.4, -0.2) is 66.6 Å². The second kappa shape index (κ2) is 15.1. The Bertz CT molecular complexity index is 1100. The second-order valence-corrected chi connectivity index (χ2v) is 9.93. The number of rotatable bonds is 5. The monoisotopic (exact) mass is 553 g/mol. The van der Waals surface area contributed by atoms with E-state index in [1.165, 1.54) is 18.2 Å². The number of amides is 1. The molecule has 0 unspecified atom stereocenters. The first-order chi connectivity index (χ1) is 19.0. The maximum absolute atomic E-state index is 13.1. The lowest BCUT2D eigenvalue weighted by Gasteiger charge is -2.47. The Kier molecular flexibility index (Phi) is 12.3. The van der Waals surface area contributed by atoms with Gasteiger partial charge in [-0.1, -0.05) is 63.2 Å². The van der Waals surface area contributed by atoms with E-state index < -0.39 is 23.6 Å². The molecule has 1 aliphatic heterocycles. The number of para-hydroxylation sites is 1. The van der Waals surface area contributed by atoms with Crippen LogP contribution in [0.25, 0.3) is 0 Å². The minimum absolute atomic E-state index is 0.0479. The van der Waals surface area contributed by atoms with E-state index >= 15 is 0 Å². The maximum Gasteiger partial charge on any atom is 0.332 e. The number of carboxylic acids is 2. The fraction of sp³-hybridized carbons (Fsp3) is 0.467. The Balaban J connectivity index is 0.000000482. The standard InChI is InChI=1S/C25H30N2O3.C3H7O.C2H2O4/c1-3-23(28)27(21-11-5-4-6-12-21)25(24(29)30-2)13-15-26(16-14-25)22-17-19-9-7-8-10-20(19)18-22;1-3(2)4;3-1(4)2(5)6/h4-12,22H,3,13-18H2,1-2H3;3H,1-2H3;(H,3,4)(H,5,6)/q;-1;/p-2. The van der Waals surface area contributed by atoms with E-state index in [9.17, 15) is 14.7 Å². The van der Waals surface area contributed by atoms with E-state index in [2.05, 4.69) is 29.2 Å². The molecule has 218 valence electrons. The van der Waals surface area contributed by atoms with Gasteiger partial charge in [-0.05, 0) is 48.9 Å². The molecule has 0 saturated carbocycles. The molecular formula is C30H37N2O8-3. The first-order valence-corrected chi connectivity index (χ1v) is 13.3. The molecule has 0 bridgehead atoms. The summed E-state index contributed by atoms with van der Waals surface area (Å²) in [6.45, 7) is 6.61. The van der Waals surface area contributed by atoms with Crippen molar-refractivity contribution in [3.05, 3.63) is 65.7 Å². The molecule has 2 aromatic carbocycles. The van der Waals surface area contributed by atoms with Crippen LogP contribution in [0.5, 0.6) is 0 Å². The molecule has 0 atom stereocenters. The molecule has 10 heteroatoms. The third kappa shape index (κ3) is 8.37. The Morgan fingerprint density at radius 2 is 1.38 bits per heavy atom. The van der Waals surface area contributed by atoms with Gasteiger partial charge in [0.1, 0.15) is 5.54 Å². The van der Waals surface area contributed by atoms with Crippen molar-refractivity contribution in [2.75, 3.05) is 25.1 Å². The van der Waals surface area contributed by atoms with Crippen LogP contribution in [0.1, 0.15) is 51.2 Å². The topological polar surface area (TPSA) is 153 Å². The van der Waals surface area contributed by atoms with Crippen molar-refractivity contribution in [3.63, 3.8) is 0 Å². The van der Waals surface area contributed by atoms with Gasteiger partial charge in [-0.2, -0.15) is 0 Å². The fourth-order valence-electron chi connectivity index (χ4n) is 5.13. The largest absolute Gasteiger partial charge is 0.852 e. The van der Waals surface area contributed by atoms with Gasteiger partial charge < -0.3 is 29.6 Å². The van der Waals surface area contributed by atoms with Crippen molar-refractivity contribution in [1.29, 1.82) is 0 Å². The number of hydrogen-bond donors (Lipinski definition) is 0. The van der Waals surface area contributed by atoms with Crippen LogP contribution >= 0.6 is 0 Å². The van der Waals surface area contributed by atoms with E-state index in [4.69, 9.17) is 24.5 Å². The summed E-state index contributed by atoms with van der Waals surface area (Å²) in [4.78, 5) is 48.2. The van der Waals surface area contributed by atoms with Gasteiger partial charge in [-0.3, -0.25) is 14.6 Å². The number of fused-ring (bicyclic) bond motifs is 1. The summed E-state index contributed by atoms with van der Waals surface area (Å²) in [6.07, 6.45) is 3.19. The minimum Gasteiger partial charge on any atom is -0.852 e. The molecular weight excluding hydrogens is 516 g/mol. The number of aliphatic carboxylic acids is 2. The number of benzene rings is 2. The fourth-order valence-corrected chi connectivity index (χ4v) is 5.13. The molecule has 10 nitrogen and oxygen atoms in total. The Labute approximate surface area is 235 Å². The minimum atomic E-state index is -2.19. The number of carbonyl (C=O) groups excluding carboxylic acids is 4. The van der Waals surface area contributed by atoms with Gasteiger partial charge in [0, 0.05) is 31.2 Å². The molecule has 40 heavy (non-hydrogen) atoms. The van der Waals surface area contributed by atoms with Gasteiger partial charge in [0.25, 0.3) is 0 Å². The van der Waals surface area contributed by atoms with Crippen LogP contribution < -0.4 is 20.2 Å². The van der Waals surface area contributed by atoms with Crippen LogP contribution in [0.3, 0.4) is 0 Å². The molecule has 0 spiro atoms. The number of hydrogen-bond acceptors (Lipinski definition) is 9. The number of anilines is 1. The second-order valence-electron chi connectivity index (χ2n) is 9.93. The van der Waals surface area contributed by atoms with Gasteiger partial charge >= 0.3 is 5.97 Å². The number of likely N-dealkylation sites (tertiary alicyclic amines) is 1. The highest BCUT2D eigenvalue weighted by molar-refractivity contribution is 6.25. The normalized spacial score (nSPS) is 15.9. The van der Waals surface area contributed by atoms with Crippen molar-refractivity contribution in [3.8, 4) is 0 Å². The summed E-state index contributed by atoms with van der Waals surface area (Å²) in [7, 11) is 1.42. The highest BCUT2D eigenvalue weighted by Crippen LogP contribution is 2.37. The number of carboxylic acid groups (broad SMARTS) is 2. The number of esters is 1. The molecule has 2 aliphatic rings. The number of piperidine rings is 1. The molecule has 0 radical (unpaired) electrons. The van der Waals surface area contributed by atoms with Gasteiger partial charge in [-0.15, -0.1) is 6.10 Å². The molecule has 0 N–H and O–H groups in total. The van der Waals surface area contributed by atoms with Crippen molar-refractivity contribution in [2.45, 2.75) is 70.6 Å². The van der Waals surface area contributed by atoms with Gasteiger partial charge in [0.05, 0.1) is 19.0 Å². The first-order valence-electron chi connectivity index (χ1n) is 13.3. The van der Waals surface area contributed by atoms with Gasteiger partial charge in [-0.25, -0.2) is 4.79 Å². The van der Waals surface area contributed by atoms with Crippen LogP contribution in [0, 0.1) is 0 Å². The molecule has 1 amide bonds. The van der Waals surface area contributed by atoms with E-state index in [1.54, 1.807) is 18.7 Å². The van der Waals surface area contributed by atoms with Gasteiger partial charge in [0.15, 0.2) is 0 Å². The SMILES string of the molecule is CC(C)[O-].CCC(=O)N(c1ccccc1)C1(C(=O)OC)CCN(C2Cc3ccccc3C2)CC1.O=C([O-])C(=O)[O-]. The average Bonchev–Trinajstić information content (AvgIpc) is 3.38. The van der Waals surface area contributed by atoms with Crippen molar-refractivity contribution in [2.24, 2.45) is 0 Å². The Morgan fingerprint density at radius 3 is 1.77 bits per heavy atom. The van der Waals surface area contributed by atoms with Crippen molar-refractivity contribution in [1.82, 2.24) is 4.90 Å².